The third-order valence-electron chi connectivity index (χ3n) is 2.70. The largest absolute Gasteiger partial charge is 0.433 e. The Morgan fingerprint density at radius 1 is 1.26 bits per heavy atom. The number of anilines is 1. The van der Waals surface area contributed by atoms with Crippen LogP contribution in [0.4, 0.5) is 5.69 Å². The van der Waals surface area contributed by atoms with E-state index in [1.165, 1.54) is 14.1 Å². The summed E-state index contributed by atoms with van der Waals surface area (Å²) in [4.78, 5) is 23.4. The topological polar surface area (TPSA) is 92.1 Å². The number of nitrogens with zero attached hydrogens (tertiary/aromatic N) is 3. The number of hydrogen-bond acceptors (Lipinski definition) is 5. The van der Waals surface area contributed by atoms with Crippen molar-refractivity contribution in [2.24, 2.45) is 14.1 Å². The molecule has 1 aromatic carbocycles. The van der Waals surface area contributed by atoms with Crippen LogP contribution >= 0.6 is 0 Å². The Balaban J connectivity index is 2.50. The van der Waals surface area contributed by atoms with E-state index in [2.05, 4.69) is 5.10 Å². The van der Waals surface area contributed by atoms with Crippen molar-refractivity contribution in [2.75, 3.05) is 5.73 Å². The molecular weight excluding hydrogens is 248 g/mol. The van der Waals surface area contributed by atoms with Crippen LogP contribution in [-0.4, -0.2) is 14.3 Å². The molecule has 0 amide bonds. The molecule has 2 rings (SSSR count). The number of rotatable bonds is 2. The standard InChI is InChI=1S/C12H14N4O3/c1-7-6-8(13)4-5-9(7)19-10-11(17)15(2)12(18)16(3)14-10/h4-6H,13H2,1-3H3. The second kappa shape index (κ2) is 4.60. The summed E-state index contributed by atoms with van der Waals surface area (Å²) >= 11 is 0. The van der Waals surface area contributed by atoms with Crippen LogP contribution in [-0.2, 0) is 14.1 Å². The molecule has 0 atom stereocenters. The molecule has 0 radical (unpaired) electrons. The summed E-state index contributed by atoms with van der Waals surface area (Å²) in [5, 5.41) is 3.81. The minimum absolute atomic E-state index is 0.155. The summed E-state index contributed by atoms with van der Waals surface area (Å²) in [6.07, 6.45) is 0. The van der Waals surface area contributed by atoms with Gasteiger partial charge in [0.25, 0.3) is 0 Å². The molecule has 100 valence electrons. The quantitative estimate of drug-likeness (QED) is 0.778. The van der Waals surface area contributed by atoms with Crippen molar-refractivity contribution in [1.29, 1.82) is 0 Å². The SMILES string of the molecule is Cc1cc(N)ccc1Oc1nn(C)c(=O)n(C)c1=O. The highest BCUT2D eigenvalue weighted by molar-refractivity contribution is 5.47. The number of benzene rings is 1. The number of nitrogen functional groups attached to an aromatic ring is 1. The van der Waals surface area contributed by atoms with Gasteiger partial charge in [-0.25, -0.2) is 9.48 Å². The van der Waals surface area contributed by atoms with Gasteiger partial charge in [0.1, 0.15) is 5.75 Å². The summed E-state index contributed by atoms with van der Waals surface area (Å²) in [5.74, 6) is 0.315. The Morgan fingerprint density at radius 3 is 2.58 bits per heavy atom. The smallest absolute Gasteiger partial charge is 0.347 e. The molecule has 0 bridgehead atoms. The fraction of sp³-hybridized carbons (Fsp3) is 0.250. The van der Waals surface area contributed by atoms with Gasteiger partial charge in [-0.3, -0.25) is 9.36 Å². The third kappa shape index (κ3) is 2.35. The molecule has 7 nitrogen and oxygen atoms in total. The van der Waals surface area contributed by atoms with E-state index in [1.54, 1.807) is 25.1 Å². The summed E-state index contributed by atoms with van der Waals surface area (Å²) in [6.45, 7) is 1.80. The average Bonchev–Trinajstić information content (AvgIpc) is 2.36. The summed E-state index contributed by atoms with van der Waals surface area (Å²) in [6, 6.07) is 5.04. The van der Waals surface area contributed by atoms with Gasteiger partial charge in [0.2, 0.25) is 0 Å². The van der Waals surface area contributed by atoms with Crippen LogP contribution in [0, 0.1) is 6.92 Å². The molecule has 0 fully saturated rings. The number of nitrogens with two attached hydrogens (primary N) is 1. The molecule has 0 aliphatic carbocycles. The van der Waals surface area contributed by atoms with Gasteiger partial charge in [0, 0.05) is 19.8 Å². The number of aryl methyl sites for hydroxylation is 2. The lowest BCUT2D eigenvalue weighted by Gasteiger charge is -2.09. The van der Waals surface area contributed by atoms with Crippen LogP contribution in [0.2, 0.25) is 0 Å². The Bertz CT molecular complexity index is 746. The second-order valence-corrected chi connectivity index (χ2v) is 4.20. The zero-order chi connectivity index (χ0) is 14.2. The molecule has 0 aliphatic rings. The summed E-state index contributed by atoms with van der Waals surface area (Å²) < 4.78 is 7.44. The Kier molecular flexibility index (Phi) is 3.12. The lowest BCUT2D eigenvalue weighted by Crippen LogP contribution is -2.38. The van der Waals surface area contributed by atoms with Crippen molar-refractivity contribution in [1.82, 2.24) is 14.3 Å². The minimum Gasteiger partial charge on any atom is -0.433 e. The van der Waals surface area contributed by atoms with E-state index in [4.69, 9.17) is 10.5 Å². The molecule has 1 aromatic heterocycles. The molecule has 0 unspecified atom stereocenters. The highest BCUT2D eigenvalue weighted by Gasteiger charge is 2.12. The average molecular weight is 262 g/mol. The molecule has 19 heavy (non-hydrogen) atoms. The van der Waals surface area contributed by atoms with Gasteiger partial charge in [0.05, 0.1) is 0 Å². The summed E-state index contributed by atoms with van der Waals surface area (Å²) in [7, 11) is 2.82. The highest BCUT2D eigenvalue weighted by atomic mass is 16.5. The van der Waals surface area contributed by atoms with E-state index >= 15 is 0 Å². The second-order valence-electron chi connectivity index (χ2n) is 4.20. The van der Waals surface area contributed by atoms with E-state index in [0.717, 1.165) is 14.8 Å². The first-order valence-electron chi connectivity index (χ1n) is 5.58. The number of hydrogen-bond donors (Lipinski definition) is 1. The monoisotopic (exact) mass is 262 g/mol. The Hall–Kier alpha value is -2.57. The third-order valence-corrected chi connectivity index (χ3v) is 2.70. The molecule has 0 aliphatic heterocycles. The molecule has 1 heterocycles. The first-order chi connectivity index (χ1) is 8.90. The molecule has 0 saturated heterocycles. The lowest BCUT2D eigenvalue weighted by atomic mass is 10.2. The lowest BCUT2D eigenvalue weighted by molar-refractivity contribution is 0.412. The fourth-order valence-corrected chi connectivity index (χ4v) is 1.62. The first-order valence-corrected chi connectivity index (χ1v) is 5.58. The van der Waals surface area contributed by atoms with Gasteiger partial charge >= 0.3 is 17.1 Å². The molecule has 7 heteroatoms. The molecule has 0 saturated carbocycles. The van der Waals surface area contributed by atoms with E-state index in [1.807, 2.05) is 0 Å². The maximum absolute atomic E-state index is 11.9. The molecule has 2 aromatic rings. The van der Waals surface area contributed by atoms with Gasteiger partial charge in [0.15, 0.2) is 0 Å². The fourth-order valence-electron chi connectivity index (χ4n) is 1.62. The van der Waals surface area contributed by atoms with Crippen LogP contribution in [0.3, 0.4) is 0 Å². The van der Waals surface area contributed by atoms with E-state index in [-0.39, 0.29) is 5.88 Å². The van der Waals surface area contributed by atoms with Crippen molar-refractivity contribution in [2.45, 2.75) is 6.92 Å². The normalized spacial score (nSPS) is 10.5. The van der Waals surface area contributed by atoms with Gasteiger partial charge in [-0.1, -0.05) is 0 Å². The van der Waals surface area contributed by atoms with Gasteiger partial charge in [-0.05, 0) is 30.7 Å². The highest BCUT2D eigenvalue weighted by Crippen LogP contribution is 2.23. The maximum Gasteiger partial charge on any atom is 0.347 e. The van der Waals surface area contributed by atoms with E-state index in [0.29, 0.717) is 11.4 Å². The summed E-state index contributed by atoms with van der Waals surface area (Å²) in [5.41, 5.74) is 5.92. The number of aromatic nitrogens is 3. The zero-order valence-electron chi connectivity index (χ0n) is 10.9. The predicted octanol–water partition coefficient (Wildman–Crippen LogP) is 0.162. The Labute approximate surface area is 108 Å². The van der Waals surface area contributed by atoms with Crippen LogP contribution in [0.25, 0.3) is 0 Å². The van der Waals surface area contributed by atoms with E-state index in [9.17, 15) is 9.59 Å². The van der Waals surface area contributed by atoms with Crippen molar-refractivity contribution in [3.05, 3.63) is 44.6 Å². The maximum atomic E-state index is 11.9. The molecular formula is C12H14N4O3. The van der Waals surface area contributed by atoms with Crippen molar-refractivity contribution >= 4 is 5.69 Å². The van der Waals surface area contributed by atoms with Crippen LogP contribution < -0.4 is 21.7 Å². The van der Waals surface area contributed by atoms with Crippen molar-refractivity contribution < 1.29 is 4.74 Å². The molecule has 0 spiro atoms. The van der Waals surface area contributed by atoms with Gasteiger partial charge < -0.3 is 10.5 Å². The van der Waals surface area contributed by atoms with Crippen LogP contribution in [0.1, 0.15) is 5.56 Å². The number of ether oxygens (including phenoxy) is 1. The van der Waals surface area contributed by atoms with Gasteiger partial charge in [-0.2, -0.15) is 0 Å². The van der Waals surface area contributed by atoms with Crippen molar-refractivity contribution in [3.8, 4) is 11.6 Å². The van der Waals surface area contributed by atoms with E-state index < -0.39 is 11.2 Å². The Morgan fingerprint density at radius 2 is 1.95 bits per heavy atom. The van der Waals surface area contributed by atoms with Crippen LogP contribution in [0.5, 0.6) is 11.6 Å². The first kappa shape index (κ1) is 12.9. The predicted molar refractivity (Wildman–Crippen MR) is 70.4 cm³/mol. The molecule has 2 N–H and O–H groups in total. The zero-order valence-corrected chi connectivity index (χ0v) is 10.9. The van der Waals surface area contributed by atoms with Gasteiger partial charge in [-0.15, -0.1) is 5.10 Å². The van der Waals surface area contributed by atoms with Crippen LogP contribution in [0.15, 0.2) is 27.8 Å². The minimum atomic E-state index is -0.584. The van der Waals surface area contributed by atoms with Crippen molar-refractivity contribution in [3.63, 3.8) is 0 Å².